The molecule has 5 rings (SSSR count). The first-order valence-corrected chi connectivity index (χ1v) is 16.2. The maximum absolute atomic E-state index is 13.7. The van der Waals surface area contributed by atoms with E-state index in [2.05, 4.69) is 0 Å². The van der Waals surface area contributed by atoms with Crippen LogP contribution in [0.2, 0.25) is 0 Å². The highest BCUT2D eigenvalue weighted by Crippen LogP contribution is 2.49. The molecule has 3 fully saturated rings. The molecule has 1 aromatic carbocycles. The second kappa shape index (κ2) is 13.0. The van der Waals surface area contributed by atoms with Crippen molar-refractivity contribution in [2.45, 2.75) is 63.3 Å². The summed E-state index contributed by atoms with van der Waals surface area (Å²) in [7, 11) is -2.22. The molecule has 9 nitrogen and oxygen atoms in total. The van der Waals surface area contributed by atoms with Crippen molar-refractivity contribution < 1.29 is 37.3 Å². The largest absolute Gasteiger partial charge is 0.497 e. The number of allylic oxidation sites excluding steroid dienone is 2. The van der Waals surface area contributed by atoms with Gasteiger partial charge in [0.25, 0.3) is 0 Å². The first-order valence-electron chi connectivity index (χ1n) is 14.7. The van der Waals surface area contributed by atoms with Gasteiger partial charge in [-0.1, -0.05) is 50.3 Å². The normalized spacial score (nSPS) is 30.3. The number of carbonyl (C=O) groups excluding carboxylic acids is 1. The maximum Gasteiger partial charge on any atom is 0.306 e. The van der Waals surface area contributed by atoms with Crippen molar-refractivity contribution in [2.24, 2.45) is 29.6 Å². The second-order valence-electron chi connectivity index (χ2n) is 12.2. The van der Waals surface area contributed by atoms with Crippen molar-refractivity contribution in [3.8, 4) is 0 Å². The van der Waals surface area contributed by atoms with Crippen LogP contribution in [0.15, 0.2) is 54.3 Å². The summed E-state index contributed by atoms with van der Waals surface area (Å²) in [6.07, 6.45) is 5.20. The quantitative estimate of drug-likeness (QED) is 0.349. The number of fused-ring (bicyclic) bond motifs is 1. The van der Waals surface area contributed by atoms with Crippen LogP contribution in [-0.4, -0.2) is 81.0 Å². The smallest absolute Gasteiger partial charge is 0.306 e. The summed E-state index contributed by atoms with van der Waals surface area (Å²) < 4.78 is 51.7. The van der Waals surface area contributed by atoms with Gasteiger partial charge in [0, 0.05) is 36.8 Å². The summed E-state index contributed by atoms with van der Waals surface area (Å²) in [4.78, 5) is 13.4. The van der Waals surface area contributed by atoms with Crippen molar-refractivity contribution in [2.75, 3.05) is 33.4 Å². The molecule has 226 valence electrons. The summed E-state index contributed by atoms with van der Waals surface area (Å²) in [6, 6.07) is 9.65. The standard InChI is InChI=1S/C31H43NO8S/c1-20(2)16-32(41(35,36)25-11-9-24(37-3)10-12-25)17-28(33)22(13-21-7-5-4-6-8-21)15-29(34)40-30-23-14-26-27(30)19-39-31(26)38-18-23/h4-11,20,22-23,25-28,30-31,33H,12-19H2,1-3H3/t22-,23?,25?,26?,27?,28-,30?,31?/m1/s1. The van der Waals surface area contributed by atoms with E-state index in [1.165, 1.54) is 4.31 Å². The van der Waals surface area contributed by atoms with E-state index in [1.54, 1.807) is 25.3 Å². The number of benzene rings is 1. The minimum Gasteiger partial charge on any atom is -0.497 e. The highest BCUT2D eigenvalue weighted by atomic mass is 32.2. The third-order valence-electron chi connectivity index (χ3n) is 8.83. The van der Waals surface area contributed by atoms with Gasteiger partial charge in [-0.15, -0.1) is 0 Å². The van der Waals surface area contributed by atoms with Gasteiger partial charge in [-0.3, -0.25) is 4.79 Å². The highest BCUT2D eigenvalue weighted by Gasteiger charge is 2.56. The summed E-state index contributed by atoms with van der Waals surface area (Å²) in [5, 5.41) is 10.8. The van der Waals surface area contributed by atoms with Gasteiger partial charge in [0.1, 0.15) is 11.9 Å². The third kappa shape index (κ3) is 6.88. The lowest BCUT2D eigenvalue weighted by Crippen LogP contribution is -2.46. The number of methoxy groups -OCH3 is 1. The summed E-state index contributed by atoms with van der Waals surface area (Å²) in [5.74, 6) is 0.333. The molecule has 2 bridgehead atoms. The van der Waals surface area contributed by atoms with Gasteiger partial charge >= 0.3 is 5.97 Å². The molecule has 0 aromatic heterocycles. The molecule has 0 spiro atoms. The first-order chi connectivity index (χ1) is 19.7. The predicted octanol–water partition coefficient (Wildman–Crippen LogP) is 3.29. The Morgan fingerprint density at radius 2 is 1.88 bits per heavy atom. The molecule has 2 aliphatic heterocycles. The van der Waals surface area contributed by atoms with E-state index in [0.29, 0.717) is 31.8 Å². The van der Waals surface area contributed by atoms with Gasteiger partial charge in [0.15, 0.2) is 6.29 Å². The number of ether oxygens (including phenoxy) is 4. The van der Waals surface area contributed by atoms with Crippen LogP contribution in [0.25, 0.3) is 0 Å². The zero-order valence-corrected chi connectivity index (χ0v) is 24.9. The zero-order valence-electron chi connectivity index (χ0n) is 24.1. The maximum atomic E-state index is 13.7. The van der Waals surface area contributed by atoms with E-state index in [9.17, 15) is 18.3 Å². The molecule has 2 saturated heterocycles. The Labute approximate surface area is 243 Å². The van der Waals surface area contributed by atoms with Crippen molar-refractivity contribution in [1.82, 2.24) is 4.31 Å². The van der Waals surface area contributed by atoms with Crippen LogP contribution in [0.4, 0.5) is 0 Å². The van der Waals surface area contributed by atoms with E-state index < -0.39 is 27.3 Å². The summed E-state index contributed by atoms with van der Waals surface area (Å²) in [6.45, 7) is 5.11. The first kappa shape index (κ1) is 30.2. The number of aliphatic hydroxyl groups excluding tert-OH is 1. The van der Waals surface area contributed by atoms with Crippen LogP contribution in [-0.2, 0) is 40.2 Å². The molecule has 0 radical (unpaired) electrons. The number of hydrogen-bond acceptors (Lipinski definition) is 8. The number of esters is 1. The van der Waals surface area contributed by atoms with Crippen molar-refractivity contribution in [3.05, 3.63) is 59.9 Å². The Balaban J connectivity index is 1.30. The Morgan fingerprint density at radius 1 is 1.12 bits per heavy atom. The third-order valence-corrected chi connectivity index (χ3v) is 11.0. The molecule has 0 amide bonds. The van der Waals surface area contributed by atoms with Gasteiger partial charge in [-0.05, 0) is 42.9 Å². The SMILES string of the molecule is COC1=CCC(S(=O)(=O)N(CC(C)C)C[C@@H](O)[C@@H](CC(=O)OC2C3COC4OCC2C4C3)Cc2ccccc2)C=C1. The minimum absolute atomic E-state index is 0.0132. The Kier molecular flexibility index (Phi) is 9.55. The Hall–Kier alpha value is -2.24. The number of sulfonamides is 1. The average molecular weight is 590 g/mol. The number of nitrogens with zero attached hydrogens (tertiary/aromatic N) is 1. The Morgan fingerprint density at radius 3 is 2.56 bits per heavy atom. The monoisotopic (exact) mass is 589 g/mol. The predicted molar refractivity (Wildman–Crippen MR) is 153 cm³/mol. The van der Waals surface area contributed by atoms with Gasteiger partial charge in [0.2, 0.25) is 10.0 Å². The fourth-order valence-corrected chi connectivity index (χ4v) is 8.58. The van der Waals surface area contributed by atoms with E-state index in [4.69, 9.17) is 18.9 Å². The van der Waals surface area contributed by atoms with E-state index in [-0.39, 0.29) is 61.5 Å². The molecule has 4 aliphatic rings. The van der Waals surface area contributed by atoms with Gasteiger partial charge in [-0.2, -0.15) is 4.31 Å². The molecular formula is C31H43NO8S. The lowest BCUT2D eigenvalue weighted by atomic mass is 9.90. The van der Waals surface area contributed by atoms with Crippen LogP contribution in [0, 0.1) is 29.6 Å². The highest BCUT2D eigenvalue weighted by molar-refractivity contribution is 7.89. The molecule has 2 aliphatic carbocycles. The number of carbonyl (C=O) groups is 1. The molecule has 41 heavy (non-hydrogen) atoms. The fourth-order valence-electron chi connectivity index (χ4n) is 6.72. The summed E-state index contributed by atoms with van der Waals surface area (Å²) in [5.41, 5.74) is 0.965. The van der Waals surface area contributed by atoms with E-state index in [1.807, 2.05) is 44.2 Å². The molecule has 8 atom stereocenters. The molecule has 2 heterocycles. The molecule has 1 saturated carbocycles. The molecule has 1 aromatic rings. The van der Waals surface area contributed by atoms with Gasteiger partial charge in [-0.25, -0.2) is 8.42 Å². The minimum atomic E-state index is -3.77. The van der Waals surface area contributed by atoms with Gasteiger partial charge in [0.05, 0.1) is 38.1 Å². The average Bonchev–Trinajstić information content (AvgIpc) is 3.49. The fraction of sp³-hybridized carbons (Fsp3) is 0.645. The molecule has 10 heteroatoms. The molecular weight excluding hydrogens is 546 g/mol. The lowest BCUT2D eigenvalue weighted by Gasteiger charge is -2.32. The van der Waals surface area contributed by atoms with Crippen LogP contribution in [0.5, 0.6) is 0 Å². The number of hydrogen-bond donors (Lipinski definition) is 1. The molecule has 6 unspecified atom stereocenters. The number of aliphatic hydroxyl groups is 1. The van der Waals surface area contributed by atoms with E-state index >= 15 is 0 Å². The van der Waals surface area contributed by atoms with Crippen LogP contribution in [0.1, 0.15) is 38.7 Å². The van der Waals surface area contributed by atoms with Crippen LogP contribution < -0.4 is 0 Å². The number of rotatable bonds is 13. The van der Waals surface area contributed by atoms with Crippen molar-refractivity contribution in [1.29, 1.82) is 0 Å². The zero-order chi connectivity index (χ0) is 29.1. The van der Waals surface area contributed by atoms with Crippen LogP contribution in [0.3, 0.4) is 0 Å². The lowest BCUT2D eigenvalue weighted by molar-refractivity contribution is -0.178. The van der Waals surface area contributed by atoms with Crippen molar-refractivity contribution >= 4 is 16.0 Å². The summed E-state index contributed by atoms with van der Waals surface area (Å²) >= 11 is 0. The topological polar surface area (TPSA) is 112 Å². The second-order valence-corrected chi connectivity index (χ2v) is 14.4. The Bertz CT molecular complexity index is 1220. The van der Waals surface area contributed by atoms with Crippen LogP contribution >= 0.6 is 0 Å². The molecule has 1 N–H and O–H groups in total. The van der Waals surface area contributed by atoms with Crippen molar-refractivity contribution in [3.63, 3.8) is 0 Å². The van der Waals surface area contributed by atoms with Gasteiger partial charge < -0.3 is 24.1 Å². The van der Waals surface area contributed by atoms with E-state index in [0.717, 1.165) is 12.0 Å².